The second-order valence-electron chi connectivity index (χ2n) is 5.38. The average Bonchev–Trinajstić information content (AvgIpc) is 2.55. The number of rotatable bonds is 3. The first-order valence-electron chi connectivity index (χ1n) is 7.45. The summed E-state index contributed by atoms with van der Waals surface area (Å²) in [6.07, 6.45) is 0. The SMILES string of the molecule is COc1ccccc1N1CCN(c2ccc(Cl)nc2C)CC1. The van der Waals surface area contributed by atoms with Crippen LogP contribution >= 0.6 is 11.6 Å². The highest BCUT2D eigenvalue weighted by Gasteiger charge is 2.20. The standard InChI is InChI=1S/C17H20ClN3O/c1-13-14(7-8-17(18)19-13)20-9-11-21(12-10-20)15-5-3-4-6-16(15)22-2/h3-8H,9-12H2,1-2H3. The summed E-state index contributed by atoms with van der Waals surface area (Å²) in [5.74, 6) is 0.931. The zero-order valence-corrected chi connectivity index (χ0v) is 13.7. The second-order valence-corrected chi connectivity index (χ2v) is 5.77. The first-order chi connectivity index (χ1) is 10.7. The van der Waals surface area contributed by atoms with Crippen molar-refractivity contribution in [3.63, 3.8) is 0 Å². The predicted molar refractivity (Wildman–Crippen MR) is 91.4 cm³/mol. The molecule has 0 amide bonds. The van der Waals surface area contributed by atoms with E-state index >= 15 is 0 Å². The van der Waals surface area contributed by atoms with Gasteiger partial charge in [0.05, 0.1) is 24.2 Å². The third kappa shape index (κ3) is 2.97. The monoisotopic (exact) mass is 317 g/mol. The van der Waals surface area contributed by atoms with Crippen LogP contribution in [0.2, 0.25) is 5.15 Å². The summed E-state index contributed by atoms with van der Waals surface area (Å²) in [5, 5.41) is 0.550. The second kappa shape index (κ2) is 6.44. The van der Waals surface area contributed by atoms with Crippen molar-refractivity contribution in [2.24, 2.45) is 0 Å². The molecule has 1 aliphatic heterocycles. The zero-order chi connectivity index (χ0) is 15.5. The van der Waals surface area contributed by atoms with Gasteiger partial charge in [-0.05, 0) is 31.2 Å². The summed E-state index contributed by atoms with van der Waals surface area (Å²) in [7, 11) is 1.72. The maximum Gasteiger partial charge on any atom is 0.142 e. The molecule has 2 heterocycles. The molecule has 1 fully saturated rings. The van der Waals surface area contributed by atoms with E-state index in [2.05, 4.69) is 33.0 Å². The van der Waals surface area contributed by atoms with Gasteiger partial charge in [0.1, 0.15) is 10.9 Å². The fourth-order valence-corrected chi connectivity index (χ4v) is 3.13. The first-order valence-corrected chi connectivity index (χ1v) is 7.83. The molecule has 22 heavy (non-hydrogen) atoms. The van der Waals surface area contributed by atoms with Crippen LogP contribution in [0.4, 0.5) is 11.4 Å². The minimum Gasteiger partial charge on any atom is -0.495 e. The van der Waals surface area contributed by atoms with Crippen LogP contribution in [-0.2, 0) is 0 Å². The Bertz CT molecular complexity index is 654. The molecule has 1 aliphatic rings. The molecule has 1 aromatic heterocycles. The minimum atomic E-state index is 0.550. The molecule has 1 saturated heterocycles. The number of ether oxygens (including phenoxy) is 1. The highest BCUT2D eigenvalue weighted by molar-refractivity contribution is 6.29. The van der Waals surface area contributed by atoms with Gasteiger partial charge >= 0.3 is 0 Å². The van der Waals surface area contributed by atoms with Crippen LogP contribution in [0.25, 0.3) is 0 Å². The molecule has 2 aromatic rings. The van der Waals surface area contributed by atoms with Crippen molar-refractivity contribution in [2.75, 3.05) is 43.1 Å². The van der Waals surface area contributed by atoms with Crippen LogP contribution in [0.15, 0.2) is 36.4 Å². The highest BCUT2D eigenvalue weighted by atomic mass is 35.5. The van der Waals surface area contributed by atoms with Crippen molar-refractivity contribution >= 4 is 23.0 Å². The Hall–Kier alpha value is -1.94. The number of para-hydroxylation sites is 2. The number of methoxy groups -OCH3 is 1. The van der Waals surface area contributed by atoms with E-state index in [0.717, 1.165) is 43.3 Å². The topological polar surface area (TPSA) is 28.6 Å². The molecule has 5 heteroatoms. The van der Waals surface area contributed by atoms with Crippen LogP contribution in [0, 0.1) is 6.92 Å². The Kier molecular flexibility index (Phi) is 4.39. The lowest BCUT2D eigenvalue weighted by atomic mass is 10.2. The van der Waals surface area contributed by atoms with Gasteiger partial charge in [-0.1, -0.05) is 23.7 Å². The smallest absolute Gasteiger partial charge is 0.142 e. The summed E-state index contributed by atoms with van der Waals surface area (Å²) in [6, 6.07) is 12.1. The zero-order valence-electron chi connectivity index (χ0n) is 12.9. The Morgan fingerprint density at radius 2 is 1.59 bits per heavy atom. The number of aromatic nitrogens is 1. The summed E-state index contributed by atoms with van der Waals surface area (Å²) in [5.41, 5.74) is 3.32. The maximum absolute atomic E-state index is 5.94. The number of nitrogens with zero attached hydrogens (tertiary/aromatic N) is 3. The quantitative estimate of drug-likeness (QED) is 0.811. The van der Waals surface area contributed by atoms with Gasteiger partial charge in [-0.3, -0.25) is 0 Å². The van der Waals surface area contributed by atoms with Gasteiger partial charge in [0.2, 0.25) is 0 Å². The van der Waals surface area contributed by atoms with Gasteiger partial charge in [-0.25, -0.2) is 4.98 Å². The van der Waals surface area contributed by atoms with E-state index in [4.69, 9.17) is 16.3 Å². The van der Waals surface area contributed by atoms with E-state index in [1.807, 2.05) is 25.1 Å². The fourth-order valence-electron chi connectivity index (χ4n) is 2.94. The summed E-state index contributed by atoms with van der Waals surface area (Å²) in [6.45, 7) is 5.85. The fraction of sp³-hybridized carbons (Fsp3) is 0.353. The molecule has 0 unspecified atom stereocenters. The Labute approximate surface area is 136 Å². The van der Waals surface area contributed by atoms with E-state index < -0.39 is 0 Å². The number of pyridine rings is 1. The molecule has 0 N–H and O–H groups in total. The lowest BCUT2D eigenvalue weighted by Gasteiger charge is -2.38. The first kappa shape index (κ1) is 15.0. The Morgan fingerprint density at radius 1 is 0.955 bits per heavy atom. The number of piperazine rings is 1. The van der Waals surface area contributed by atoms with Gasteiger partial charge in [-0.2, -0.15) is 0 Å². The third-order valence-electron chi connectivity index (χ3n) is 4.07. The van der Waals surface area contributed by atoms with Crippen molar-refractivity contribution in [1.29, 1.82) is 0 Å². The lowest BCUT2D eigenvalue weighted by molar-refractivity contribution is 0.413. The molecule has 0 spiro atoms. The van der Waals surface area contributed by atoms with Crippen LogP contribution in [0.5, 0.6) is 5.75 Å². The molecule has 4 nitrogen and oxygen atoms in total. The largest absolute Gasteiger partial charge is 0.495 e. The molecule has 0 radical (unpaired) electrons. The molecule has 116 valence electrons. The Balaban J connectivity index is 1.72. The van der Waals surface area contributed by atoms with Gasteiger partial charge in [0, 0.05) is 26.2 Å². The van der Waals surface area contributed by atoms with Crippen LogP contribution in [-0.4, -0.2) is 38.3 Å². The minimum absolute atomic E-state index is 0.550. The van der Waals surface area contributed by atoms with E-state index in [1.165, 1.54) is 5.69 Å². The van der Waals surface area contributed by atoms with Gasteiger partial charge < -0.3 is 14.5 Å². The highest BCUT2D eigenvalue weighted by Crippen LogP contribution is 2.29. The van der Waals surface area contributed by atoms with Gasteiger partial charge in [0.15, 0.2) is 0 Å². The normalized spacial score (nSPS) is 15.0. The van der Waals surface area contributed by atoms with Crippen LogP contribution in [0.1, 0.15) is 5.69 Å². The maximum atomic E-state index is 5.94. The Morgan fingerprint density at radius 3 is 2.23 bits per heavy atom. The van der Waals surface area contributed by atoms with Crippen molar-refractivity contribution in [3.05, 3.63) is 47.2 Å². The van der Waals surface area contributed by atoms with Gasteiger partial charge in [-0.15, -0.1) is 0 Å². The number of hydrogen-bond donors (Lipinski definition) is 0. The molecular formula is C17H20ClN3O. The number of hydrogen-bond acceptors (Lipinski definition) is 4. The van der Waals surface area contributed by atoms with Gasteiger partial charge in [0.25, 0.3) is 0 Å². The summed E-state index contributed by atoms with van der Waals surface area (Å²) in [4.78, 5) is 9.08. The van der Waals surface area contributed by atoms with Crippen molar-refractivity contribution in [1.82, 2.24) is 4.98 Å². The molecule has 0 atom stereocenters. The van der Waals surface area contributed by atoms with Crippen molar-refractivity contribution < 1.29 is 4.74 Å². The van der Waals surface area contributed by atoms with Crippen LogP contribution < -0.4 is 14.5 Å². The molecule has 0 saturated carbocycles. The number of aryl methyl sites for hydroxylation is 1. The van der Waals surface area contributed by atoms with Crippen molar-refractivity contribution in [3.8, 4) is 5.75 Å². The third-order valence-corrected chi connectivity index (χ3v) is 4.28. The number of anilines is 2. The number of benzene rings is 1. The summed E-state index contributed by atoms with van der Waals surface area (Å²) < 4.78 is 5.46. The number of halogens is 1. The molecule has 0 bridgehead atoms. The molecule has 1 aromatic carbocycles. The molecule has 0 aliphatic carbocycles. The van der Waals surface area contributed by atoms with Crippen LogP contribution in [0.3, 0.4) is 0 Å². The molecule has 3 rings (SSSR count). The van der Waals surface area contributed by atoms with E-state index in [9.17, 15) is 0 Å². The molecular weight excluding hydrogens is 298 g/mol. The predicted octanol–water partition coefficient (Wildman–Crippen LogP) is 3.38. The van der Waals surface area contributed by atoms with E-state index in [0.29, 0.717) is 5.15 Å². The van der Waals surface area contributed by atoms with E-state index in [1.54, 1.807) is 7.11 Å². The lowest BCUT2D eigenvalue weighted by Crippen LogP contribution is -2.46. The average molecular weight is 318 g/mol. The van der Waals surface area contributed by atoms with E-state index in [-0.39, 0.29) is 0 Å². The van der Waals surface area contributed by atoms with Crippen molar-refractivity contribution in [2.45, 2.75) is 6.92 Å². The summed E-state index contributed by atoms with van der Waals surface area (Å²) >= 11 is 5.94.